The molecule has 1 atom stereocenters. The molecule has 0 aliphatic carbocycles. The third kappa shape index (κ3) is 3.01. The third-order valence-electron chi connectivity index (χ3n) is 2.62. The van der Waals surface area contributed by atoms with Gasteiger partial charge in [-0.15, -0.1) is 0 Å². The van der Waals surface area contributed by atoms with Crippen LogP contribution in [0.15, 0.2) is 42.9 Å². The van der Waals surface area contributed by atoms with E-state index in [1.54, 1.807) is 18.6 Å². The molecule has 18 heavy (non-hydrogen) atoms. The molecule has 2 aromatic rings. The molecule has 2 heterocycles. The second kappa shape index (κ2) is 5.55. The number of aromatic nitrogens is 2. The van der Waals surface area contributed by atoms with Crippen molar-refractivity contribution in [1.29, 1.82) is 0 Å². The Morgan fingerprint density at radius 2 is 2.00 bits per heavy atom. The van der Waals surface area contributed by atoms with Gasteiger partial charge in [0, 0.05) is 24.2 Å². The summed E-state index contributed by atoms with van der Waals surface area (Å²) in [5.74, 6) is 0.791. The summed E-state index contributed by atoms with van der Waals surface area (Å²) in [6, 6.07) is 7.83. The molecule has 2 rings (SSSR count). The van der Waals surface area contributed by atoms with Gasteiger partial charge in [-0.2, -0.15) is 0 Å². The van der Waals surface area contributed by atoms with E-state index in [0.717, 1.165) is 16.9 Å². The zero-order chi connectivity index (χ0) is 13.0. The van der Waals surface area contributed by atoms with E-state index in [-0.39, 0.29) is 6.04 Å². The maximum Gasteiger partial charge on any atom is 0.126 e. The highest BCUT2D eigenvalue weighted by Crippen LogP contribution is 2.16. The lowest BCUT2D eigenvalue weighted by Crippen LogP contribution is -2.11. The standard InChI is InChI=1S/C13H14N4S/c1-9(10-4-6-15-7-5-10)17-12-3-2-11(8-16-12)13(14)18/h2-9H,1H3,(H2,14,18)(H,16,17). The van der Waals surface area contributed by atoms with Crippen molar-refractivity contribution in [3.8, 4) is 0 Å². The van der Waals surface area contributed by atoms with Crippen LogP contribution < -0.4 is 11.1 Å². The first-order chi connectivity index (χ1) is 8.66. The minimum Gasteiger partial charge on any atom is -0.389 e. The number of rotatable bonds is 4. The second-order valence-corrected chi connectivity index (χ2v) is 4.38. The topological polar surface area (TPSA) is 63.8 Å². The van der Waals surface area contributed by atoms with Gasteiger partial charge in [-0.1, -0.05) is 12.2 Å². The molecule has 0 fully saturated rings. The summed E-state index contributed by atoms with van der Waals surface area (Å²) in [6.07, 6.45) is 5.22. The van der Waals surface area contributed by atoms with Crippen LogP contribution in [0, 0.1) is 0 Å². The summed E-state index contributed by atoms with van der Waals surface area (Å²) in [5, 5.41) is 3.30. The van der Waals surface area contributed by atoms with Crippen molar-refractivity contribution in [3.05, 3.63) is 54.0 Å². The van der Waals surface area contributed by atoms with E-state index in [0.29, 0.717) is 4.99 Å². The van der Waals surface area contributed by atoms with Crippen molar-refractivity contribution in [1.82, 2.24) is 9.97 Å². The average molecular weight is 258 g/mol. The molecule has 92 valence electrons. The van der Waals surface area contributed by atoms with Crippen LogP contribution in [0.2, 0.25) is 0 Å². The number of nitrogens with zero attached hydrogens (tertiary/aromatic N) is 2. The molecule has 0 radical (unpaired) electrons. The van der Waals surface area contributed by atoms with Gasteiger partial charge in [-0.3, -0.25) is 4.98 Å². The largest absolute Gasteiger partial charge is 0.389 e. The van der Waals surface area contributed by atoms with E-state index in [1.807, 2.05) is 24.3 Å². The summed E-state index contributed by atoms with van der Waals surface area (Å²) >= 11 is 4.88. The number of pyridine rings is 2. The zero-order valence-electron chi connectivity index (χ0n) is 10.00. The summed E-state index contributed by atoms with van der Waals surface area (Å²) in [5.41, 5.74) is 7.45. The lowest BCUT2D eigenvalue weighted by atomic mass is 10.1. The summed E-state index contributed by atoms with van der Waals surface area (Å²) < 4.78 is 0. The molecule has 0 aromatic carbocycles. The Kier molecular flexibility index (Phi) is 3.84. The monoisotopic (exact) mass is 258 g/mol. The molecule has 0 aliphatic rings. The molecular weight excluding hydrogens is 244 g/mol. The van der Waals surface area contributed by atoms with E-state index in [1.165, 1.54) is 0 Å². The zero-order valence-corrected chi connectivity index (χ0v) is 10.8. The van der Waals surface area contributed by atoms with Crippen molar-refractivity contribution in [2.75, 3.05) is 5.32 Å². The van der Waals surface area contributed by atoms with Crippen molar-refractivity contribution >= 4 is 23.0 Å². The molecule has 0 aliphatic heterocycles. The normalized spacial score (nSPS) is 11.8. The van der Waals surface area contributed by atoms with Gasteiger partial charge in [0.1, 0.15) is 10.8 Å². The summed E-state index contributed by atoms with van der Waals surface area (Å²) in [7, 11) is 0. The Labute approximate surface area is 111 Å². The number of hydrogen-bond acceptors (Lipinski definition) is 4. The molecule has 4 nitrogen and oxygen atoms in total. The molecule has 0 bridgehead atoms. The first-order valence-electron chi connectivity index (χ1n) is 5.59. The average Bonchev–Trinajstić information content (AvgIpc) is 2.40. The molecule has 1 unspecified atom stereocenters. The lowest BCUT2D eigenvalue weighted by Gasteiger charge is -2.14. The van der Waals surface area contributed by atoms with Gasteiger partial charge < -0.3 is 11.1 Å². The number of anilines is 1. The van der Waals surface area contributed by atoms with Crippen LogP contribution in [0.25, 0.3) is 0 Å². The van der Waals surface area contributed by atoms with Gasteiger partial charge in [-0.05, 0) is 36.8 Å². The molecule has 2 aromatic heterocycles. The quantitative estimate of drug-likeness (QED) is 0.824. The van der Waals surface area contributed by atoms with Gasteiger partial charge in [0.25, 0.3) is 0 Å². The Morgan fingerprint density at radius 1 is 1.28 bits per heavy atom. The highest BCUT2D eigenvalue weighted by atomic mass is 32.1. The maximum absolute atomic E-state index is 5.52. The predicted octanol–water partition coefficient (Wildman–Crippen LogP) is 2.28. The Morgan fingerprint density at radius 3 is 2.56 bits per heavy atom. The third-order valence-corrected chi connectivity index (χ3v) is 2.85. The molecule has 3 N–H and O–H groups in total. The molecule has 0 saturated carbocycles. The van der Waals surface area contributed by atoms with E-state index >= 15 is 0 Å². The van der Waals surface area contributed by atoms with Gasteiger partial charge >= 0.3 is 0 Å². The Hall–Kier alpha value is -2.01. The summed E-state index contributed by atoms with van der Waals surface area (Å²) in [6.45, 7) is 2.07. The van der Waals surface area contributed by atoms with Crippen molar-refractivity contribution in [2.45, 2.75) is 13.0 Å². The minimum absolute atomic E-state index is 0.163. The SMILES string of the molecule is CC(Nc1ccc(C(N)=S)cn1)c1ccncc1. The fourth-order valence-corrected chi connectivity index (χ4v) is 1.70. The molecular formula is C13H14N4S. The predicted molar refractivity (Wildman–Crippen MR) is 76.4 cm³/mol. The first kappa shape index (κ1) is 12.4. The van der Waals surface area contributed by atoms with Gasteiger partial charge in [-0.25, -0.2) is 4.98 Å². The fraction of sp³-hybridized carbons (Fsp3) is 0.154. The number of nitrogens with one attached hydrogen (secondary N) is 1. The van der Waals surface area contributed by atoms with Crippen LogP contribution in [0.4, 0.5) is 5.82 Å². The van der Waals surface area contributed by atoms with E-state index < -0.39 is 0 Å². The smallest absolute Gasteiger partial charge is 0.126 e. The highest BCUT2D eigenvalue weighted by molar-refractivity contribution is 7.80. The lowest BCUT2D eigenvalue weighted by molar-refractivity contribution is 0.871. The Balaban J connectivity index is 2.08. The highest BCUT2D eigenvalue weighted by Gasteiger charge is 2.05. The van der Waals surface area contributed by atoms with Crippen LogP contribution in [0.1, 0.15) is 24.1 Å². The number of thiocarbonyl (C=S) groups is 1. The van der Waals surface area contributed by atoms with Crippen LogP contribution in [0.3, 0.4) is 0 Å². The van der Waals surface area contributed by atoms with Gasteiger partial charge in [0.15, 0.2) is 0 Å². The van der Waals surface area contributed by atoms with Gasteiger partial charge in [0.05, 0.1) is 6.04 Å². The molecule has 0 saturated heterocycles. The minimum atomic E-state index is 0.163. The summed E-state index contributed by atoms with van der Waals surface area (Å²) in [4.78, 5) is 8.62. The molecule has 0 amide bonds. The van der Waals surface area contributed by atoms with E-state index in [4.69, 9.17) is 18.0 Å². The Bertz CT molecular complexity index is 524. The van der Waals surface area contributed by atoms with Gasteiger partial charge in [0.2, 0.25) is 0 Å². The van der Waals surface area contributed by atoms with E-state index in [9.17, 15) is 0 Å². The van der Waals surface area contributed by atoms with Crippen LogP contribution in [0.5, 0.6) is 0 Å². The van der Waals surface area contributed by atoms with E-state index in [2.05, 4.69) is 22.2 Å². The second-order valence-electron chi connectivity index (χ2n) is 3.94. The van der Waals surface area contributed by atoms with Crippen LogP contribution in [-0.2, 0) is 0 Å². The maximum atomic E-state index is 5.52. The molecule has 0 spiro atoms. The fourth-order valence-electron chi connectivity index (χ4n) is 1.58. The number of hydrogen-bond donors (Lipinski definition) is 2. The number of nitrogens with two attached hydrogens (primary N) is 1. The molecule has 5 heteroatoms. The van der Waals surface area contributed by atoms with Crippen LogP contribution >= 0.6 is 12.2 Å². The van der Waals surface area contributed by atoms with Crippen molar-refractivity contribution in [2.24, 2.45) is 5.73 Å². The first-order valence-corrected chi connectivity index (χ1v) is 6.00. The van der Waals surface area contributed by atoms with Crippen molar-refractivity contribution < 1.29 is 0 Å². The van der Waals surface area contributed by atoms with Crippen LogP contribution in [-0.4, -0.2) is 15.0 Å². The van der Waals surface area contributed by atoms with Crippen molar-refractivity contribution in [3.63, 3.8) is 0 Å².